The quantitative estimate of drug-likeness (QED) is 0.841. The minimum absolute atomic E-state index is 0.103. The molecule has 2 amide bonds. The number of amides is 2. The van der Waals surface area contributed by atoms with Crippen molar-refractivity contribution in [2.75, 3.05) is 18.0 Å². The van der Waals surface area contributed by atoms with Crippen LogP contribution in [0.2, 0.25) is 0 Å². The van der Waals surface area contributed by atoms with Gasteiger partial charge in [-0.05, 0) is 56.7 Å². The second-order valence-electron chi connectivity index (χ2n) is 6.46. The van der Waals surface area contributed by atoms with E-state index in [2.05, 4.69) is 0 Å². The molecule has 0 radical (unpaired) electrons. The van der Waals surface area contributed by atoms with E-state index in [4.69, 9.17) is 0 Å². The van der Waals surface area contributed by atoms with Crippen molar-refractivity contribution in [3.63, 3.8) is 0 Å². The van der Waals surface area contributed by atoms with Crippen molar-refractivity contribution >= 4 is 17.5 Å². The molecule has 0 unspecified atom stereocenters. The first-order chi connectivity index (χ1) is 11.9. The molecule has 1 aliphatic heterocycles. The molecule has 1 heterocycles. The molecule has 0 saturated carbocycles. The number of aryl methyl sites for hydroxylation is 2. The van der Waals surface area contributed by atoms with Crippen molar-refractivity contribution in [3.8, 4) is 0 Å². The van der Waals surface area contributed by atoms with Crippen LogP contribution in [0.4, 0.5) is 10.1 Å². The van der Waals surface area contributed by atoms with Crippen molar-refractivity contribution in [2.24, 2.45) is 0 Å². The smallest absolute Gasteiger partial charge is 0.254 e. The summed E-state index contributed by atoms with van der Waals surface area (Å²) in [6.45, 7) is 6.62. The highest BCUT2D eigenvalue weighted by Gasteiger charge is 2.35. The third-order valence-electron chi connectivity index (χ3n) is 4.65. The molecule has 4 nitrogen and oxygen atoms in total. The first-order valence-electron chi connectivity index (χ1n) is 8.33. The fraction of sp³-hybridized carbons (Fsp3) is 0.300. The molecular weight excluding hydrogens is 319 g/mol. The van der Waals surface area contributed by atoms with Crippen LogP contribution in [0.1, 0.15) is 28.4 Å². The normalized spacial score (nSPS) is 17.8. The lowest BCUT2D eigenvalue weighted by Crippen LogP contribution is -2.57. The van der Waals surface area contributed by atoms with Crippen molar-refractivity contribution < 1.29 is 14.0 Å². The maximum atomic E-state index is 13.1. The Balaban J connectivity index is 1.81. The third kappa shape index (κ3) is 3.27. The number of anilines is 1. The maximum absolute atomic E-state index is 13.1. The Morgan fingerprint density at radius 1 is 1.08 bits per heavy atom. The van der Waals surface area contributed by atoms with Crippen LogP contribution in [-0.2, 0) is 4.79 Å². The van der Waals surface area contributed by atoms with Crippen molar-refractivity contribution in [2.45, 2.75) is 26.8 Å². The van der Waals surface area contributed by atoms with E-state index in [1.807, 2.05) is 32.0 Å². The van der Waals surface area contributed by atoms with E-state index in [-0.39, 0.29) is 17.6 Å². The Morgan fingerprint density at radius 3 is 2.40 bits per heavy atom. The summed E-state index contributed by atoms with van der Waals surface area (Å²) in [5, 5.41) is 0. The van der Waals surface area contributed by atoms with Gasteiger partial charge in [0.05, 0.1) is 0 Å². The number of hydrogen-bond donors (Lipinski definition) is 0. The summed E-state index contributed by atoms with van der Waals surface area (Å²) in [5.41, 5.74) is 3.46. The number of carbonyl (C=O) groups excluding carboxylic acids is 2. The molecular formula is C20H21FN2O2. The van der Waals surface area contributed by atoms with Crippen LogP contribution in [0.3, 0.4) is 0 Å². The summed E-state index contributed by atoms with van der Waals surface area (Å²) in [5.74, 6) is -0.741. The first-order valence-corrected chi connectivity index (χ1v) is 8.33. The van der Waals surface area contributed by atoms with Crippen LogP contribution in [0.5, 0.6) is 0 Å². The summed E-state index contributed by atoms with van der Waals surface area (Å²) < 4.78 is 13.1. The van der Waals surface area contributed by atoms with E-state index >= 15 is 0 Å². The zero-order valence-electron chi connectivity index (χ0n) is 14.6. The Hall–Kier alpha value is -2.69. The van der Waals surface area contributed by atoms with Gasteiger partial charge >= 0.3 is 0 Å². The van der Waals surface area contributed by atoms with E-state index < -0.39 is 6.04 Å². The number of carbonyl (C=O) groups is 2. The summed E-state index contributed by atoms with van der Waals surface area (Å²) >= 11 is 0. The Morgan fingerprint density at radius 2 is 1.76 bits per heavy atom. The molecule has 0 aliphatic carbocycles. The lowest BCUT2D eigenvalue weighted by Gasteiger charge is -2.39. The predicted octanol–water partition coefficient (Wildman–Crippen LogP) is 3.32. The highest BCUT2D eigenvalue weighted by Crippen LogP contribution is 2.25. The molecule has 25 heavy (non-hydrogen) atoms. The summed E-state index contributed by atoms with van der Waals surface area (Å²) in [4.78, 5) is 28.8. The van der Waals surface area contributed by atoms with Gasteiger partial charge in [-0.2, -0.15) is 0 Å². The van der Waals surface area contributed by atoms with Crippen molar-refractivity contribution in [1.29, 1.82) is 0 Å². The van der Waals surface area contributed by atoms with E-state index in [0.29, 0.717) is 18.7 Å². The van der Waals surface area contributed by atoms with Gasteiger partial charge in [-0.3, -0.25) is 9.59 Å². The van der Waals surface area contributed by atoms with Gasteiger partial charge in [0.25, 0.3) is 5.91 Å². The van der Waals surface area contributed by atoms with Gasteiger partial charge in [0.2, 0.25) is 5.91 Å². The molecule has 0 aromatic heterocycles. The lowest BCUT2D eigenvalue weighted by molar-refractivity contribution is -0.124. The predicted molar refractivity (Wildman–Crippen MR) is 95.2 cm³/mol. The Labute approximate surface area is 146 Å². The molecule has 0 N–H and O–H groups in total. The molecule has 0 bridgehead atoms. The standard InChI is InChI=1S/C20H21FN2O2/c1-13-4-9-18(14(2)12-13)23-11-10-22(15(3)19(23)24)20(25)16-5-7-17(21)8-6-16/h4-9,12,15H,10-11H2,1-3H3/t15-/m0/s1. The zero-order valence-corrected chi connectivity index (χ0v) is 14.6. The SMILES string of the molecule is Cc1ccc(N2CCN(C(=O)c3ccc(F)cc3)[C@@H](C)C2=O)c(C)c1. The van der Waals surface area contributed by atoms with Crippen molar-refractivity contribution in [1.82, 2.24) is 4.90 Å². The average molecular weight is 340 g/mol. The molecule has 1 saturated heterocycles. The largest absolute Gasteiger partial charge is 0.325 e. The maximum Gasteiger partial charge on any atom is 0.254 e. The van der Waals surface area contributed by atoms with Crippen LogP contribution in [0.15, 0.2) is 42.5 Å². The molecule has 3 rings (SSSR count). The highest BCUT2D eigenvalue weighted by atomic mass is 19.1. The molecule has 5 heteroatoms. The fourth-order valence-electron chi connectivity index (χ4n) is 3.25. The number of piperazine rings is 1. The highest BCUT2D eigenvalue weighted by molar-refractivity contribution is 6.03. The van der Waals surface area contributed by atoms with Gasteiger partial charge in [0.1, 0.15) is 11.9 Å². The average Bonchev–Trinajstić information content (AvgIpc) is 2.58. The van der Waals surface area contributed by atoms with E-state index in [0.717, 1.165) is 16.8 Å². The number of halogens is 1. The van der Waals surface area contributed by atoms with E-state index in [9.17, 15) is 14.0 Å². The third-order valence-corrected chi connectivity index (χ3v) is 4.65. The summed E-state index contributed by atoms with van der Waals surface area (Å²) in [6.07, 6.45) is 0. The van der Waals surface area contributed by atoms with Crippen LogP contribution in [-0.4, -0.2) is 35.8 Å². The van der Waals surface area contributed by atoms with E-state index in [1.165, 1.54) is 24.3 Å². The lowest BCUT2D eigenvalue weighted by atomic mass is 10.1. The first kappa shape index (κ1) is 17.1. The van der Waals surface area contributed by atoms with Gasteiger partial charge in [-0.25, -0.2) is 4.39 Å². The molecule has 1 aliphatic rings. The molecule has 0 spiro atoms. The number of rotatable bonds is 2. The van der Waals surface area contributed by atoms with Gasteiger partial charge < -0.3 is 9.80 Å². The number of benzene rings is 2. The van der Waals surface area contributed by atoms with Crippen LogP contribution in [0, 0.1) is 19.7 Å². The minimum Gasteiger partial charge on any atom is -0.325 e. The summed E-state index contributed by atoms with van der Waals surface area (Å²) in [7, 11) is 0. The van der Waals surface area contributed by atoms with E-state index in [1.54, 1.807) is 16.7 Å². The van der Waals surface area contributed by atoms with Gasteiger partial charge in [-0.1, -0.05) is 17.7 Å². The topological polar surface area (TPSA) is 40.6 Å². The molecule has 1 fully saturated rings. The molecule has 2 aromatic carbocycles. The molecule has 130 valence electrons. The van der Waals surface area contributed by atoms with Crippen LogP contribution >= 0.6 is 0 Å². The minimum atomic E-state index is -0.563. The number of hydrogen-bond acceptors (Lipinski definition) is 2. The van der Waals surface area contributed by atoms with Gasteiger partial charge in [0.15, 0.2) is 0 Å². The zero-order chi connectivity index (χ0) is 18.1. The summed E-state index contributed by atoms with van der Waals surface area (Å²) in [6, 6.07) is 10.8. The van der Waals surface area contributed by atoms with Crippen LogP contribution < -0.4 is 4.90 Å². The fourth-order valence-corrected chi connectivity index (χ4v) is 3.25. The molecule has 2 aromatic rings. The molecule has 1 atom stereocenters. The van der Waals surface area contributed by atoms with Gasteiger partial charge in [-0.15, -0.1) is 0 Å². The monoisotopic (exact) mass is 340 g/mol. The van der Waals surface area contributed by atoms with Crippen molar-refractivity contribution in [3.05, 3.63) is 65.0 Å². The Bertz CT molecular complexity index is 817. The Kier molecular flexibility index (Phi) is 4.57. The second kappa shape index (κ2) is 6.67. The van der Waals surface area contributed by atoms with Crippen LogP contribution in [0.25, 0.3) is 0 Å². The number of nitrogens with zero attached hydrogens (tertiary/aromatic N) is 2. The second-order valence-corrected chi connectivity index (χ2v) is 6.46. The van der Waals surface area contributed by atoms with Gasteiger partial charge in [0, 0.05) is 24.3 Å².